The lowest BCUT2D eigenvalue weighted by Crippen LogP contribution is -2.49. The van der Waals surface area contributed by atoms with E-state index in [2.05, 4.69) is 20.2 Å². The summed E-state index contributed by atoms with van der Waals surface area (Å²) in [6.07, 6.45) is 3.31. The fourth-order valence-corrected chi connectivity index (χ4v) is 3.92. The fourth-order valence-electron chi connectivity index (χ4n) is 3.27. The molecule has 0 aliphatic carbocycles. The molecule has 3 aromatic heterocycles. The Balaban J connectivity index is 1.41. The summed E-state index contributed by atoms with van der Waals surface area (Å²) >= 11 is 1.61. The molecule has 1 saturated heterocycles. The van der Waals surface area contributed by atoms with Crippen LogP contribution in [-0.4, -0.2) is 52.9 Å². The monoisotopic (exact) mass is 407 g/mol. The van der Waals surface area contributed by atoms with Crippen molar-refractivity contribution in [1.29, 1.82) is 0 Å². The normalized spacial score (nSPS) is 13.9. The molecule has 0 radical (unpaired) electrons. The van der Waals surface area contributed by atoms with Gasteiger partial charge in [-0.15, -0.1) is 11.3 Å². The summed E-state index contributed by atoms with van der Waals surface area (Å²) in [5, 5.41) is 4.95. The van der Waals surface area contributed by atoms with Gasteiger partial charge in [0, 0.05) is 43.4 Å². The first kappa shape index (κ1) is 19.1. The Hall–Kier alpha value is -3.26. The van der Waals surface area contributed by atoms with E-state index in [0.29, 0.717) is 49.8 Å². The van der Waals surface area contributed by atoms with Gasteiger partial charge in [0.2, 0.25) is 0 Å². The second-order valence-electron chi connectivity index (χ2n) is 6.63. The van der Waals surface area contributed by atoms with Crippen LogP contribution >= 0.6 is 11.3 Å². The summed E-state index contributed by atoms with van der Waals surface area (Å²) in [5.41, 5.74) is 1.00. The van der Waals surface area contributed by atoms with E-state index in [0.717, 1.165) is 4.88 Å². The van der Waals surface area contributed by atoms with Gasteiger partial charge in [-0.05, 0) is 35.7 Å². The van der Waals surface area contributed by atoms with E-state index in [1.54, 1.807) is 52.9 Å². The number of aromatic nitrogens is 2. The summed E-state index contributed by atoms with van der Waals surface area (Å²) in [5.74, 6) is 0.440. The van der Waals surface area contributed by atoms with E-state index in [-0.39, 0.29) is 11.8 Å². The summed E-state index contributed by atoms with van der Waals surface area (Å²) in [6, 6.07) is 12.8. The van der Waals surface area contributed by atoms with Gasteiger partial charge in [0.15, 0.2) is 0 Å². The van der Waals surface area contributed by atoms with Crippen LogP contribution in [0.2, 0.25) is 0 Å². The highest BCUT2D eigenvalue weighted by Gasteiger charge is 2.25. The van der Waals surface area contributed by atoms with Crippen LogP contribution in [-0.2, 0) is 6.54 Å². The predicted molar refractivity (Wildman–Crippen MR) is 112 cm³/mol. The molecule has 0 unspecified atom stereocenters. The number of nitrogens with zero attached hydrogens (tertiary/aromatic N) is 4. The number of piperazine rings is 1. The maximum Gasteiger partial charge on any atom is 0.272 e. The van der Waals surface area contributed by atoms with Crippen LogP contribution in [0.15, 0.2) is 60.2 Å². The number of hydrogen-bond donors (Lipinski definition) is 1. The minimum absolute atomic E-state index is 0.0693. The molecule has 3 aromatic rings. The molecular weight excluding hydrogens is 386 g/mol. The van der Waals surface area contributed by atoms with Gasteiger partial charge in [0.25, 0.3) is 11.8 Å². The van der Waals surface area contributed by atoms with Crippen molar-refractivity contribution in [1.82, 2.24) is 20.2 Å². The van der Waals surface area contributed by atoms with Gasteiger partial charge in [-0.2, -0.15) is 0 Å². The second kappa shape index (κ2) is 8.83. The van der Waals surface area contributed by atoms with Crippen molar-refractivity contribution < 1.29 is 9.59 Å². The van der Waals surface area contributed by atoms with E-state index in [1.165, 1.54) is 0 Å². The van der Waals surface area contributed by atoms with Crippen LogP contribution < -0.4 is 10.2 Å². The molecule has 0 aromatic carbocycles. The number of hydrogen-bond acceptors (Lipinski definition) is 6. The summed E-state index contributed by atoms with van der Waals surface area (Å²) in [4.78, 5) is 38.8. The first-order valence-corrected chi connectivity index (χ1v) is 10.3. The molecule has 4 rings (SSSR count). The molecule has 8 heteroatoms. The molecule has 1 fully saturated rings. The molecule has 0 atom stereocenters. The van der Waals surface area contributed by atoms with Gasteiger partial charge < -0.3 is 15.1 Å². The highest BCUT2D eigenvalue weighted by Crippen LogP contribution is 2.20. The maximum atomic E-state index is 12.7. The van der Waals surface area contributed by atoms with Gasteiger partial charge in [-0.3, -0.25) is 14.6 Å². The van der Waals surface area contributed by atoms with Crippen molar-refractivity contribution in [2.75, 3.05) is 31.1 Å². The predicted octanol–water partition coefficient (Wildman–Crippen LogP) is 2.43. The van der Waals surface area contributed by atoms with E-state index < -0.39 is 0 Å². The van der Waals surface area contributed by atoms with Crippen LogP contribution in [0.1, 0.15) is 25.7 Å². The van der Waals surface area contributed by atoms with Crippen molar-refractivity contribution in [2.24, 2.45) is 0 Å². The highest BCUT2D eigenvalue weighted by atomic mass is 32.1. The number of carbonyl (C=O) groups is 2. The second-order valence-corrected chi connectivity index (χ2v) is 7.66. The van der Waals surface area contributed by atoms with Gasteiger partial charge >= 0.3 is 0 Å². The number of carbonyl (C=O) groups excluding carboxylic acids is 2. The lowest BCUT2D eigenvalue weighted by atomic mass is 10.2. The third-order valence-electron chi connectivity index (χ3n) is 4.79. The van der Waals surface area contributed by atoms with Crippen molar-refractivity contribution in [3.8, 4) is 0 Å². The minimum atomic E-state index is -0.145. The van der Waals surface area contributed by atoms with Crippen molar-refractivity contribution in [3.05, 3.63) is 76.4 Å². The van der Waals surface area contributed by atoms with Gasteiger partial charge in [-0.25, -0.2) is 4.98 Å². The largest absolute Gasteiger partial charge is 0.352 e. The molecule has 1 aliphatic rings. The third-order valence-corrected chi connectivity index (χ3v) is 5.66. The molecule has 2 amide bonds. The standard InChI is InChI=1S/C21H21N5O2S/c27-20(24-15-16-5-4-14-29-16)17-6-3-9-23-19(17)25-10-12-26(13-11-25)21(28)18-7-1-2-8-22-18/h1-9,14H,10-13,15H2,(H,24,27). The average Bonchev–Trinajstić information content (AvgIpc) is 3.31. The third kappa shape index (κ3) is 4.43. The zero-order valence-electron chi connectivity index (χ0n) is 15.8. The smallest absolute Gasteiger partial charge is 0.272 e. The Morgan fingerprint density at radius 2 is 1.79 bits per heavy atom. The Labute approximate surface area is 173 Å². The molecular formula is C21H21N5O2S. The van der Waals surface area contributed by atoms with Crippen LogP contribution in [0.5, 0.6) is 0 Å². The lowest BCUT2D eigenvalue weighted by Gasteiger charge is -2.35. The Bertz CT molecular complexity index is 970. The van der Waals surface area contributed by atoms with Crippen molar-refractivity contribution in [2.45, 2.75) is 6.54 Å². The van der Waals surface area contributed by atoms with Crippen LogP contribution in [0.3, 0.4) is 0 Å². The Morgan fingerprint density at radius 3 is 2.52 bits per heavy atom. The maximum absolute atomic E-state index is 12.7. The Morgan fingerprint density at radius 1 is 0.966 bits per heavy atom. The summed E-state index contributed by atoms with van der Waals surface area (Å²) in [6.45, 7) is 2.84. The first-order valence-electron chi connectivity index (χ1n) is 9.43. The fraction of sp³-hybridized carbons (Fsp3) is 0.238. The topological polar surface area (TPSA) is 78.4 Å². The molecule has 0 saturated carbocycles. The van der Waals surface area contributed by atoms with Gasteiger partial charge in [0.05, 0.1) is 12.1 Å². The zero-order chi connectivity index (χ0) is 20.1. The number of anilines is 1. The minimum Gasteiger partial charge on any atom is -0.352 e. The van der Waals surface area contributed by atoms with E-state index >= 15 is 0 Å². The lowest BCUT2D eigenvalue weighted by molar-refractivity contribution is 0.0739. The molecule has 29 heavy (non-hydrogen) atoms. The Kier molecular flexibility index (Phi) is 5.81. The summed E-state index contributed by atoms with van der Waals surface area (Å²) < 4.78 is 0. The quantitative estimate of drug-likeness (QED) is 0.703. The molecule has 0 bridgehead atoms. The first-order chi connectivity index (χ1) is 14.2. The average molecular weight is 407 g/mol. The molecule has 1 N–H and O–H groups in total. The van der Waals surface area contributed by atoms with Crippen LogP contribution in [0.4, 0.5) is 5.82 Å². The molecule has 4 heterocycles. The number of amides is 2. The number of pyridine rings is 2. The summed E-state index contributed by atoms with van der Waals surface area (Å²) in [7, 11) is 0. The van der Waals surface area contributed by atoms with Gasteiger partial charge in [-0.1, -0.05) is 12.1 Å². The number of nitrogens with one attached hydrogen (secondary N) is 1. The molecule has 0 spiro atoms. The van der Waals surface area contributed by atoms with E-state index in [4.69, 9.17) is 0 Å². The van der Waals surface area contributed by atoms with E-state index in [1.807, 2.05) is 23.6 Å². The van der Waals surface area contributed by atoms with Crippen LogP contribution in [0.25, 0.3) is 0 Å². The molecule has 148 valence electrons. The van der Waals surface area contributed by atoms with Crippen LogP contribution in [0, 0.1) is 0 Å². The number of rotatable bonds is 5. The number of thiophene rings is 1. The van der Waals surface area contributed by atoms with E-state index in [9.17, 15) is 9.59 Å². The SMILES string of the molecule is O=C(NCc1cccs1)c1cccnc1N1CCN(C(=O)c2ccccn2)CC1. The highest BCUT2D eigenvalue weighted by molar-refractivity contribution is 7.09. The van der Waals surface area contributed by atoms with Crippen molar-refractivity contribution in [3.63, 3.8) is 0 Å². The molecule has 1 aliphatic heterocycles. The van der Waals surface area contributed by atoms with Crippen molar-refractivity contribution >= 4 is 29.0 Å². The zero-order valence-corrected chi connectivity index (χ0v) is 16.6. The van der Waals surface area contributed by atoms with Gasteiger partial charge in [0.1, 0.15) is 11.5 Å². The molecule has 7 nitrogen and oxygen atoms in total.